The van der Waals surface area contributed by atoms with Crippen molar-refractivity contribution in [3.63, 3.8) is 0 Å². The van der Waals surface area contributed by atoms with Crippen LogP contribution in [0.1, 0.15) is 28.0 Å². The summed E-state index contributed by atoms with van der Waals surface area (Å²) in [7, 11) is 0. The first kappa shape index (κ1) is 22.3. The fourth-order valence-electron chi connectivity index (χ4n) is 3.59. The smallest absolute Gasteiger partial charge is 0.372 e. The molecule has 1 saturated heterocycles. The molecule has 0 aliphatic carbocycles. The molecule has 1 amide bonds. The van der Waals surface area contributed by atoms with Crippen LogP contribution in [-0.4, -0.2) is 77.6 Å². The Labute approximate surface area is 174 Å². The highest BCUT2D eigenvalue weighted by Crippen LogP contribution is 2.19. The highest BCUT2D eigenvalue weighted by Gasteiger charge is 2.28. The van der Waals surface area contributed by atoms with E-state index >= 15 is 0 Å². The van der Waals surface area contributed by atoms with Gasteiger partial charge in [-0.2, -0.15) is 18.3 Å². The molecule has 0 atom stereocenters. The zero-order valence-electron chi connectivity index (χ0n) is 17.3. The van der Waals surface area contributed by atoms with Crippen LogP contribution in [0, 0.1) is 13.8 Å². The lowest BCUT2D eigenvalue weighted by atomic mass is 10.1. The number of para-hydroxylation sites is 1. The Morgan fingerprint density at radius 2 is 1.83 bits per heavy atom. The van der Waals surface area contributed by atoms with Gasteiger partial charge in [0.25, 0.3) is 5.91 Å². The lowest BCUT2D eigenvalue weighted by Crippen LogP contribution is -2.49. The molecular weight excluding hydrogens is 397 g/mol. The molecule has 3 rings (SSSR count). The van der Waals surface area contributed by atoms with Crippen molar-refractivity contribution in [1.29, 1.82) is 0 Å². The average molecular weight is 424 g/mol. The molecule has 0 bridgehead atoms. The molecule has 1 aliphatic heterocycles. The van der Waals surface area contributed by atoms with E-state index in [4.69, 9.17) is 0 Å². The van der Waals surface area contributed by atoms with Crippen LogP contribution >= 0.6 is 0 Å². The van der Waals surface area contributed by atoms with Crippen molar-refractivity contribution < 1.29 is 22.7 Å². The lowest BCUT2D eigenvalue weighted by Gasteiger charge is -2.34. The molecule has 9 heteroatoms. The average Bonchev–Trinajstić information content (AvgIpc) is 3.08. The summed E-state index contributed by atoms with van der Waals surface area (Å²) in [6.45, 7) is 5.97. The molecule has 0 unspecified atom stereocenters. The van der Waals surface area contributed by atoms with Gasteiger partial charge in [-0.05, 0) is 31.9 Å². The Bertz CT molecular complexity index is 858. The number of amides is 1. The van der Waals surface area contributed by atoms with E-state index in [2.05, 4.69) is 14.7 Å². The molecule has 6 nitrogen and oxygen atoms in total. The number of halogens is 3. The number of hydrogen-bond donors (Lipinski definition) is 0. The lowest BCUT2D eigenvalue weighted by molar-refractivity contribution is -0.174. The van der Waals surface area contributed by atoms with E-state index in [0.717, 1.165) is 16.9 Å². The number of alkyl halides is 3. The predicted octanol–water partition coefficient (Wildman–Crippen LogP) is 3.22. The van der Waals surface area contributed by atoms with E-state index in [1.54, 1.807) is 10.9 Å². The Morgan fingerprint density at radius 1 is 1.13 bits per heavy atom. The zero-order valence-corrected chi connectivity index (χ0v) is 17.3. The number of hydrogen-bond acceptors (Lipinski definition) is 4. The number of aromatic nitrogens is 2. The van der Waals surface area contributed by atoms with Crippen molar-refractivity contribution in [2.45, 2.75) is 26.4 Å². The highest BCUT2D eigenvalue weighted by atomic mass is 19.4. The van der Waals surface area contributed by atoms with E-state index < -0.39 is 12.8 Å². The normalized spacial score (nSPS) is 15.6. The monoisotopic (exact) mass is 424 g/mol. The Hall–Kier alpha value is -2.39. The van der Waals surface area contributed by atoms with Crippen LogP contribution in [0.5, 0.6) is 0 Å². The van der Waals surface area contributed by atoms with Gasteiger partial charge in [-0.25, -0.2) is 4.68 Å². The van der Waals surface area contributed by atoms with Crippen LogP contribution in [0.15, 0.2) is 30.5 Å². The second-order valence-corrected chi connectivity index (χ2v) is 7.50. The third-order valence-electron chi connectivity index (χ3n) is 5.27. The van der Waals surface area contributed by atoms with E-state index in [1.165, 1.54) is 0 Å². The predicted molar refractivity (Wildman–Crippen MR) is 107 cm³/mol. The van der Waals surface area contributed by atoms with Gasteiger partial charge in [0, 0.05) is 39.3 Å². The third kappa shape index (κ3) is 5.60. The molecule has 1 aromatic carbocycles. The van der Waals surface area contributed by atoms with Crippen molar-refractivity contribution in [2.75, 3.05) is 45.9 Å². The largest absolute Gasteiger partial charge is 0.411 e. The van der Waals surface area contributed by atoms with E-state index in [1.807, 2.05) is 43.0 Å². The Kier molecular flexibility index (Phi) is 7.14. The van der Waals surface area contributed by atoms with Gasteiger partial charge in [0.15, 0.2) is 0 Å². The fraction of sp³-hybridized carbons (Fsp3) is 0.524. The van der Waals surface area contributed by atoms with Crippen LogP contribution in [0.4, 0.5) is 13.2 Å². The highest BCUT2D eigenvalue weighted by molar-refractivity contribution is 5.95. The number of rotatable bonds is 7. The Balaban J connectivity index is 1.50. The molecule has 0 spiro atoms. The zero-order chi connectivity index (χ0) is 21.7. The fourth-order valence-corrected chi connectivity index (χ4v) is 3.59. The van der Waals surface area contributed by atoms with E-state index in [0.29, 0.717) is 44.7 Å². The minimum Gasteiger partial charge on any atom is -0.372 e. The molecular formula is C21H27F3N4O2. The van der Waals surface area contributed by atoms with Gasteiger partial charge in [0.1, 0.15) is 6.61 Å². The molecule has 2 aromatic rings. The van der Waals surface area contributed by atoms with Crippen molar-refractivity contribution in [3.05, 3.63) is 47.3 Å². The van der Waals surface area contributed by atoms with Crippen molar-refractivity contribution in [1.82, 2.24) is 19.6 Å². The second kappa shape index (κ2) is 9.61. The van der Waals surface area contributed by atoms with Crippen LogP contribution in [-0.2, 0) is 4.74 Å². The van der Waals surface area contributed by atoms with Gasteiger partial charge in [-0.1, -0.05) is 18.2 Å². The second-order valence-electron chi connectivity index (χ2n) is 7.50. The van der Waals surface area contributed by atoms with Crippen molar-refractivity contribution in [3.8, 4) is 5.69 Å². The molecule has 164 valence electrons. The van der Waals surface area contributed by atoms with Gasteiger partial charge in [0.05, 0.1) is 23.1 Å². The summed E-state index contributed by atoms with van der Waals surface area (Å²) in [4.78, 5) is 16.9. The molecule has 0 saturated carbocycles. The maximum Gasteiger partial charge on any atom is 0.411 e. The molecule has 1 aromatic heterocycles. The molecule has 0 N–H and O–H groups in total. The van der Waals surface area contributed by atoms with Gasteiger partial charge >= 0.3 is 6.18 Å². The Morgan fingerprint density at radius 3 is 2.50 bits per heavy atom. The quantitative estimate of drug-likeness (QED) is 0.641. The number of carbonyl (C=O) groups excluding carboxylic acids is 1. The third-order valence-corrected chi connectivity index (χ3v) is 5.27. The summed E-state index contributed by atoms with van der Waals surface area (Å²) >= 11 is 0. The summed E-state index contributed by atoms with van der Waals surface area (Å²) in [5.74, 6) is -0.0412. The summed E-state index contributed by atoms with van der Waals surface area (Å²) in [6, 6.07) is 7.89. The first-order valence-corrected chi connectivity index (χ1v) is 10.0. The minimum absolute atomic E-state index is 0.0412. The van der Waals surface area contributed by atoms with Crippen LogP contribution in [0.2, 0.25) is 0 Å². The number of ether oxygens (including phenoxy) is 1. The van der Waals surface area contributed by atoms with Crippen molar-refractivity contribution >= 4 is 5.91 Å². The van der Waals surface area contributed by atoms with Gasteiger partial charge < -0.3 is 9.64 Å². The summed E-state index contributed by atoms with van der Waals surface area (Å²) in [5.41, 5.74) is 3.42. The van der Waals surface area contributed by atoms with Gasteiger partial charge in [-0.15, -0.1) is 0 Å². The van der Waals surface area contributed by atoms with Gasteiger partial charge in [-0.3, -0.25) is 9.69 Å². The SMILES string of the molecule is Cc1ccccc1-n1ncc(C(=O)N2CCN(CCCOCC(F)(F)F)CC2)c1C. The minimum atomic E-state index is -4.28. The first-order chi connectivity index (χ1) is 14.3. The molecule has 1 fully saturated rings. The number of nitrogens with zero attached hydrogens (tertiary/aromatic N) is 4. The van der Waals surface area contributed by atoms with Crippen molar-refractivity contribution in [2.24, 2.45) is 0 Å². The van der Waals surface area contributed by atoms with Gasteiger partial charge in [0.2, 0.25) is 0 Å². The maximum absolute atomic E-state index is 13.0. The molecule has 1 aliphatic rings. The number of piperazine rings is 1. The number of aryl methyl sites for hydroxylation is 1. The van der Waals surface area contributed by atoms with E-state index in [9.17, 15) is 18.0 Å². The van der Waals surface area contributed by atoms with E-state index in [-0.39, 0.29) is 12.5 Å². The maximum atomic E-state index is 13.0. The summed E-state index contributed by atoms with van der Waals surface area (Å²) < 4.78 is 42.6. The topological polar surface area (TPSA) is 50.6 Å². The molecule has 2 heterocycles. The summed E-state index contributed by atoms with van der Waals surface area (Å²) in [5, 5.41) is 4.42. The van der Waals surface area contributed by atoms with Crippen LogP contribution < -0.4 is 0 Å². The van der Waals surface area contributed by atoms with Crippen LogP contribution in [0.25, 0.3) is 5.69 Å². The molecule has 30 heavy (non-hydrogen) atoms. The van der Waals surface area contributed by atoms with Crippen LogP contribution in [0.3, 0.4) is 0 Å². The molecule has 0 radical (unpaired) electrons. The number of benzene rings is 1. The first-order valence-electron chi connectivity index (χ1n) is 10.0. The standard InChI is InChI=1S/C21H27F3N4O2/c1-16-6-3-4-7-19(16)28-17(2)18(14-25-28)20(29)27-11-9-26(10-12-27)8-5-13-30-15-21(22,23)24/h3-4,6-7,14H,5,8-13,15H2,1-2H3. The number of carbonyl (C=O) groups is 1. The summed E-state index contributed by atoms with van der Waals surface area (Å²) in [6.07, 6.45) is -2.13.